The number of thiophene rings is 1. The molecule has 1 unspecified atom stereocenters. The van der Waals surface area contributed by atoms with Gasteiger partial charge in [-0.3, -0.25) is 4.79 Å². The summed E-state index contributed by atoms with van der Waals surface area (Å²) in [7, 11) is 0. The lowest BCUT2D eigenvalue weighted by atomic mass is 9.83. The van der Waals surface area contributed by atoms with Crippen molar-refractivity contribution < 1.29 is 4.79 Å². The topological polar surface area (TPSA) is 41.1 Å². The van der Waals surface area contributed by atoms with E-state index in [-0.39, 0.29) is 11.3 Å². The van der Waals surface area contributed by atoms with E-state index in [1.54, 1.807) is 11.3 Å². The van der Waals surface area contributed by atoms with Gasteiger partial charge in [-0.1, -0.05) is 6.92 Å². The van der Waals surface area contributed by atoms with Crippen molar-refractivity contribution in [3.05, 3.63) is 21.4 Å². The number of fused-ring (bicyclic) bond motifs is 1. The molecule has 2 aliphatic rings. The van der Waals surface area contributed by atoms with E-state index in [9.17, 15) is 4.79 Å². The van der Waals surface area contributed by atoms with Gasteiger partial charge in [-0.05, 0) is 55.7 Å². The molecule has 3 rings (SSSR count). The number of nitrogens with one attached hydrogen (secondary N) is 2. The first-order valence-electron chi connectivity index (χ1n) is 7.27. The molecule has 1 aliphatic heterocycles. The number of hydrogen-bond donors (Lipinski definition) is 2. The minimum Gasteiger partial charge on any atom is -0.351 e. The molecule has 0 radical (unpaired) electrons. The SMILES string of the molecule is CC1(CNC(=O)c2cc3c(s2)CCC3)CCCNC1. The Balaban J connectivity index is 1.58. The number of rotatable bonds is 3. The van der Waals surface area contributed by atoms with E-state index in [1.807, 2.05) is 0 Å². The molecule has 0 saturated carbocycles. The summed E-state index contributed by atoms with van der Waals surface area (Å²) in [5.74, 6) is 0.117. The molecule has 19 heavy (non-hydrogen) atoms. The molecular formula is C15H22N2OS. The van der Waals surface area contributed by atoms with Crippen LogP contribution in [0.4, 0.5) is 0 Å². The average molecular weight is 278 g/mol. The molecule has 4 heteroatoms. The monoisotopic (exact) mass is 278 g/mol. The van der Waals surface area contributed by atoms with Gasteiger partial charge in [0.05, 0.1) is 4.88 Å². The summed E-state index contributed by atoms with van der Waals surface area (Å²) in [6.45, 7) is 5.16. The molecule has 0 aromatic carbocycles. The van der Waals surface area contributed by atoms with Crippen molar-refractivity contribution in [1.29, 1.82) is 0 Å². The van der Waals surface area contributed by atoms with Gasteiger partial charge in [0, 0.05) is 18.0 Å². The summed E-state index contributed by atoms with van der Waals surface area (Å²) in [5, 5.41) is 6.55. The van der Waals surface area contributed by atoms with Crippen LogP contribution < -0.4 is 10.6 Å². The van der Waals surface area contributed by atoms with Crippen molar-refractivity contribution >= 4 is 17.2 Å². The van der Waals surface area contributed by atoms with Gasteiger partial charge in [0.1, 0.15) is 0 Å². The lowest BCUT2D eigenvalue weighted by Gasteiger charge is -2.34. The minimum absolute atomic E-state index is 0.117. The fourth-order valence-electron chi connectivity index (χ4n) is 3.09. The molecule has 1 aromatic rings. The third-order valence-electron chi connectivity index (χ3n) is 4.33. The fourth-order valence-corrected chi connectivity index (χ4v) is 4.26. The Hall–Kier alpha value is -0.870. The van der Waals surface area contributed by atoms with Crippen LogP contribution in [-0.2, 0) is 12.8 Å². The molecule has 1 saturated heterocycles. The highest BCUT2D eigenvalue weighted by Crippen LogP contribution is 2.31. The van der Waals surface area contributed by atoms with Crippen LogP contribution in [0.2, 0.25) is 0 Å². The third kappa shape index (κ3) is 2.84. The molecule has 1 atom stereocenters. The first kappa shape index (κ1) is 13.1. The van der Waals surface area contributed by atoms with Crippen molar-refractivity contribution in [2.75, 3.05) is 19.6 Å². The van der Waals surface area contributed by atoms with Crippen LogP contribution in [0.15, 0.2) is 6.07 Å². The second kappa shape index (κ2) is 5.25. The number of carbonyl (C=O) groups excluding carboxylic acids is 1. The number of aryl methyl sites for hydroxylation is 2. The summed E-state index contributed by atoms with van der Waals surface area (Å²) < 4.78 is 0. The molecule has 104 valence electrons. The van der Waals surface area contributed by atoms with Crippen LogP contribution in [0.1, 0.15) is 46.3 Å². The van der Waals surface area contributed by atoms with Crippen molar-refractivity contribution in [3.63, 3.8) is 0 Å². The Morgan fingerprint density at radius 2 is 2.37 bits per heavy atom. The molecule has 2 heterocycles. The van der Waals surface area contributed by atoms with E-state index in [1.165, 1.54) is 29.7 Å². The largest absolute Gasteiger partial charge is 0.351 e. The van der Waals surface area contributed by atoms with Crippen molar-refractivity contribution in [2.45, 2.75) is 39.0 Å². The second-order valence-corrected chi connectivity index (χ2v) is 7.32. The van der Waals surface area contributed by atoms with E-state index in [4.69, 9.17) is 0 Å². The van der Waals surface area contributed by atoms with Gasteiger partial charge < -0.3 is 10.6 Å². The van der Waals surface area contributed by atoms with E-state index in [0.717, 1.165) is 37.4 Å². The zero-order valence-electron chi connectivity index (χ0n) is 11.6. The summed E-state index contributed by atoms with van der Waals surface area (Å²) in [5.41, 5.74) is 1.62. The molecule has 1 aromatic heterocycles. The Labute approximate surface area is 118 Å². The van der Waals surface area contributed by atoms with Crippen LogP contribution in [0.3, 0.4) is 0 Å². The van der Waals surface area contributed by atoms with Crippen molar-refractivity contribution in [3.8, 4) is 0 Å². The maximum absolute atomic E-state index is 12.2. The number of hydrogen-bond acceptors (Lipinski definition) is 3. The molecule has 2 N–H and O–H groups in total. The number of piperidine rings is 1. The van der Waals surface area contributed by atoms with Gasteiger partial charge in [0.15, 0.2) is 0 Å². The van der Waals surface area contributed by atoms with Gasteiger partial charge in [0.25, 0.3) is 5.91 Å². The molecular weight excluding hydrogens is 256 g/mol. The minimum atomic E-state index is 0.117. The summed E-state index contributed by atoms with van der Waals surface area (Å²) >= 11 is 1.69. The predicted molar refractivity (Wildman–Crippen MR) is 78.9 cm³/mol. The normalized spacial score (nSPS) is 26.2. The molecule has 1 fully saturated rings. The molecule has 1 amide bonds. The maximum atomic E-state index is 12.2. The average Bonchev–Trinajstić information content (AvgIpc) is 2.97. The lowest BCUT2D eigenvalue weighted by Crippen LogP contribution is -2.45. The third-order valence-corrected chi connectivity index (χ3v) is 5.57. The Morgan fingerprint density at radius 3 is 3.11 bits per heavy atom. The highest BCUT2D eigenvalue weighted by atomic mass is 32.1. The van der Waals surface area contributed by atoms with E-state index >= 15 is 0 Å². The summed E-state index contributed by atoms with van der Waals surface area (Å²) in [4.78, 5) is 14.5. The van der Waals surface area contributed by atoms with Gasteiger partial charge in [-0.2, -0.15) is 0 Å². The van der Waals surface area contributed by atoms with Crippen LogP contribution in [-0.4, -0.2) is 25.5 Å². The second-order valence-electron chi connectivity index (χ2n) is 6.19. The molecule has 1 aliphatic carbocycles. The highest BCUT2D eigenvalue weighted by Gasteiger charge is 2.27. The zero-order chi connectivity index (χ0) is 13.3. The van der Waals surface area contributed by atoms with Gasteiger partial charge >= 0.3 is 0 Å². The summed E-state index contributed by atoms with van der Waals surface area (Å²) in [6.07, 6.45) is 5.98. The van der Waals surface area contributed by atoms with E-state index in [2.05, 4.69) is 23.6 Å². The Kier molecular flexibility index (Phi) is 3.63. The standard InChI is InChI=1S/C15H22N2OS/c1-15(6-3-7-16-9-15)10-17-14(18)13-8-11-4-2-5-12(11)19-13/h8,16H,2-7,9-10H2,1H3,(H,17,18). The van der Waals surface area contributed by atoms with Gasteiger partial charge in [-0.15, -0.1) is 11.3 Å². The Morgan fingerprint density at radius 1 is 1.47 bits per heavy atom. The van der Waals surface area contributed by atoms with E-state index in [0.29, 0.717) is 0 Å². The van der Waals surface area contributed by atoms with Crippen LogP contribution >= 0.6 is 11.3 Å². The number of amides is 1. The Bertz CT molecular complexity index is 453. The molecule has 0 spiro atoms. The first-order valence-corrected chi connectivity index (χ1v) is 8.08. The van der Waals surface area contributed by atoms with Crippen LogP contribution in [0.25, 0.3) is 0 Å². The zero-order valence-corrected chi connectivity index (χ0v) is 12.4. The quantitative estimate of drug-likeness (QED) is 0.891. The summed E-state index contributed by atoms with van der Waals surface area (Å²) in [6, 6.07) is 2.10. The lowest BCUT2D eigenvalue weighted by molar-refractivity contribution is 0.0928. The van der Waals surface area contributed by atoms with Crippen molar-refractivity contribution in [2.24, 2.45) is 5.41 Å². The van der Waals surface area contributed by atoms with Crippen molar-refractivity contribution in [1.82, 2.24) is 10.6 Å². The molecule has 0 bridgehead atoms. The molecule has 3 nitrogen and oxygen atoms in total. The van der Waals surface area contributed by atoms with Crippen LogP contribution in [0.5, 0.6) is 0 Å². The predicted octanol–water partition coefficient (Wildman–Crippen LogP) is 2.36. The maximum Gasteiger partial charge on any atom is 0.261 e. The van der Waals surface area contributed by atoms with Gasteiger partial charge in [-0.25, -0.2) is 0 Å². The fraction of sp³-hybridized carbons (Fsp3) is 0.667. The van der Waals surface area contributed by atoms with Gasteiger partial charge in [0.2, 0.25) is 0 Å². The van der Waals surface area contributed by atoms with Crippen LogP contribution in [0, 0.1) is 5.41 Å². The smallest absolute Gasteiger partial charge is 0.261 e. The first-order chi connectivity index (χ1) is 9.16. The van der Waals surface area contributed by atoms with E-state index < -0.39 is 0 Å². The highest BCUT2D eigenvalue weighted by molar-refractivity contribution is 7.14. The number of carbonyl (C=O) groups is 1.